The Morgan fingerprint density at radius 1 is 1.45 bits per heavy atom. The number of rotatable bonds is 2. The largest absolute Gasteiger partial charge is 0.398 e. The standard InChI is InChI=1S/C13H19FN2O3S/c1-8-7-16(4-3-13(8)17)20(18,19)10-5-11(14)9(2)12(15)6-10/h5-6,8,13,17H,3-4,7,15H2,1-2H3. The normalized spacial score (nSPS) is 24.8. The molecule has 3 N–H and O–H groups in total. The number of aliphatic hydroxyl groups is 1. The van der Waals surface area contributed by atoms with E-state index in [1.165, 1.54) is 17.3 Å². The number of anilines is 1. The molecule has 0 aliphatic carbocycles. The Bertz CT molecular complexity index is 595. The molecule has 1 saturated heterocycles. The number of hydrogen-bond acceptors (Lipinski definition) is 4. The molecule has 2 atom stereocenters. The minimum Gasteiger partial charge on any atom is -0.398 e. The van der Waals surface area contributed by atoms with E-state index >= 15 is 0 Å². The molecule has 1 aromatic carbocycles. The summed E-state index contributed by atoms with van der Waals surface area (Å²) in [5, 5.41) is 9.65. The number of sulfonamides is 1. The fourth-order valence-electron chi connectivity index (χ4n) is 2.29. The van der Waals surface area contributed by atoms with Crippen molar-refractivity contribution in [1.82, 2.24) is 4.31 Å². The van der Waals surface area contributed by atoms with Crippen LogP contribution in [0.15, 0.2) is 17.0 Å². The van der Waals surface area contributed by atoms with Gasteiger partial charge in [-0.05, 0) is 31.4 Å². The van der Waals surface area contributed by atoms with E-state index in [2.05, 4.69) is 0 Å². The molecule has 0 amide bonds. The fraction of sp³-hybridized carbons (Fsp3) is 0.538. The zero-order valence-corrected chi connectivity index (χ0v) is 12.3. The number of nitrogens with zero attached hydrogens (tertiary/aromatic N) is 1. The van der Waals surface area contributed by atoms with Crippen molar-refractivity contribution in [3.63, 3.8) is 0 Å². The van der Waals surface area contributed by atoms with Gasteiger partial charge in [0.25, 0.3) is 0 Å². The van der Waals surface area contributed by atoms with Gasteiger partial charge in [-0.2, -0.15) is 4.31 Å². The van der Waals surface area contributed by atoms with E-state index < -0.39 is 21.9 Å². The lowest BCUT2D eigenvalue weighted by molar-refractivity contribution is 0.0628. The van der Waals surface area contributed by atoms with E-state index in [1.807, 2.05) is 0 Å². The van der Waals surface area contributed by atoms with E-state index in [4.69, 9.17) is 5.73 Å². The molecule has 0 radical (unpaired) electrons. The van der Waals surface area contributed by atoms with Crippen molar-refractivity contribution >= 4 is 15.7 Å². The van der Waals surface area contributed by atoms with Crippen LogP contribution in [0, 0.1) is 18.7 Å². The average molecular weight is 302 g/mol. The van der Waals surface area contributed by atoms with Crippen LogP contribution in [0.3, 0.4) is 0 Å². The Kier molecular flexibility index (Phi) is 4.04. The summed E-state index contributed by atoms with van der Waals surface area (Å²) in [6.45, 7) is 3.74. The Hall–Kier alpha value is -1.18. The summed E-state index contributed by atoms with van der Waals surface area (Å²) in [6, 6.07) is 2.28. The highest BCUT2D eigenvalue weighted by molar-refractivity contribution is 7.89. The van der Waals surface area contributed by atoms with E-state index in [0.717, 1.165) is 6.07 Å². The molecule has 0 spiro atoms. The first kappa shape index (κ1) is 15.2. The highest BCUT2D eigenvalue weighted by Crippen LogP contribution is 2.27. The van der Waals surface area contributed by atoms with E-state index in [1.54, 1.807) is 6.92 Å². The lowest BCUT2D eigenvalue weighted by Gasteiger charge is -2.33. The number of halogens is 1. The number of piperidine rings is 1. The zero-order valence-electron chi connectivity index (χ0n) is 11.5. The van der Waals surface area contributed by atoms with Crippen molar-refractivity contribution in [3.8, 4) is 0 Å². The summed E-state index contributed by atoms with van der Waals surface area (Å²) in [6.07, 6.45) is -0.120. The Morgan fingerprint density at radius 3 is 2.65 bits per heavy atom. The molecular formula is C13H19FN2O3S. The number of hydrogen-bond donors (Lipinski definition) is 2. The van der Waals surface area contributed by atoms with Gasteiger partial charge < -0.3 is 10.8 Å². The molecular weight excluding hydrogens is 283 g/mol. The first-order valence-corrected chi connectivity index (χ1v) is 7.91. The summed E-state index contributed by atoms with van der Waals surface area (Å²) in [7, 11) is -3.78. The summed E-state index contributed by atoms with van der Waals surface area (Å²) < 4.78 is 39.9. The monoisotopic (exact) mass is 302 g/mol. The minimum atomic E-state index is -3.78. The molecule has 0 saturated carbocycles. The van der Waals surface area contributed by atoms with Gasteiger partial charge in [0.15, 0.2) is 0 Å². The summed E-state index contributed by atoms with van der Waals surface area (Å²) in [5.41, 5.74) is 6.00. The third-order valence-corrected chi connectivity index (χ3v) is 5.66. The van der Waals surface area contributed by atoms with Crippen LogP contribution in [-0.4, -0.2) is 37.0 Å². The number of nitrogen functional groups attached to an aromatic ring is 1. The molecule has 112 valence electrons. The molecule has 1 fully saturated rings. The summed E-state index contributed by atoms with van der Waals surface area (Å²) >= 11 is 0. The van der Waals surface area contributed by atoms with Gasteiger partial charge in [-0.15, -0.1) is 0 Å². The number of benzene rings is 1. The Labute approximate surface area is 118 Å². The highest BCUT2D eigenvalue weighted by atomic mass is 32.2. The molecule has 0 aromatic heterocycles. The maximum Gasteiger partial charge on any atom is 0.243 e. The van der Waals surface area contributed by atoms with Crippen molar-refractivity contribution in [2.24, 2.45) is 5.92 Å². The zero-order chi connectivity index (χ0) is 15.1. The van der Waals surface area contributed by atoms with Gasteiger partial charge in [-0.1, -0.05) is 6.92 Å². The van der Waals surface area contributed by atoms with Crippen molar-refractivity contribution in [3.05, 3.63) is 23.5 Å². The predicted molar refractivity (Wildman–Crippen MR) is 74.1 cm³/mol. The molecule has 1 heterocycles. The van der Waals surface area contributed by atoms with Crippen molar-refractivity contribution in [2.75, 3.05) is 18.8 Å². The minimum absolute atomic E-state index is 0.119. The van der Waals surface area contributed by atoms with E-state index in [0.29, 0.717) is 6.42 Å². The van der Waals surface area contributed by atoms with Crippen LogP contribution in [0.4, 0.5) is 10.1 Å². The molecule has 5 nitrogen and oxygen atoms in total. The molecule has 1 aliphatic heterocycles. The quantitative estimate of drug-likeness (QED) is 0.802. The second kappa shape index (κ2) is 5.31. The van der Waals surface area contributed by atoms with Gasteiger partial charge in [0, 0.05) is 24.3 Å². The maximum atomic E-state index is 13.7. The fourth-order valence-corrected chi connectivity index (χ4v) is 3.89. The third-order valence-electron chi connectivity index (χ3n) is 3.82. The third kappa shape index (κ3) is 2.65. The molecule has 2 unspecified atom stereocenters. The molecule has 1 aliphatic rings. The van der Waals surface area contributed by atoms with Crippen LogP contribution in [0.5, 0.6) is 0 Å². The van der Waals surface area contributed by atoms with Gasteiger partial charge in [0.2, 0.25) is 10.0 Å². The van der Waals surface area contributed by atoms with E-state index in [-0.39, 0.29) is 35.2 Å². The lowest BCUT2D eigenvalue weighted by atomic mass is 9.99. The van der Waals surface area contributed by atoms with E-state index in [9.17, 15) is 17.9 Å². The van der Waals surface area contributed by atoms with Crippen molar-refractivity contribution in [2.45, 2.75) is 31.3 Å². The van der Waals surface area contributed by atoms with Crippen LogP contribution < -0.4 is 5.73 Å². The summed E-state index contributed by atoms with van der Waals surface area (Å²) in [4.78, 5) is -0.137. The molecule has 1 aromatic rings. The maximum absolute atomic E-state index is 13.7. The Balaban J connectivity index is 2.36. The van der Waals surface area contributed by atoms with Gasteiger partial charge in [0.05, 0.1) is 11.0 Å². The first-order valence-electron chi connectivity index (χ1n) is 6.47. The average Bonchev–Trinajstić information content (AvgIpc) is 2.38. The second-order valence-electron chi connectivity index (χ2n) is 5.32. The summed E-state index contributed by atoms with van der Waals surface area (Å²) in [5.74, 6) is -0.778. The van der Waals surface area contributed by atoms with Crippen LogP contribution in [0.1, 0.15) is 18.9 Å². The molecule has 20 heavy (non-hydrogen) atoms. The Morgan fingerprint density at radius 2 is 2.10 bits per heavy atom. The topological polar surface area (TPSA) is 83.6 Å². The van der Waals surface area contributed by atoms with Gasteiger partial charge in [-0.3, -0.25) is 0 Å². The van der Waals surface area contributed by atoms with Crippen LogP contribution in [-0.2, 0) is 10.0 Å². The molecule has 2 rings (SSSR count). The number of nitrogens with two attached hydrogens (primary N) is 1. The van der Waals surface area contributed by atoms with Crippen LogP contribution in [0.25, 0.3) is 0 Å². The van der Waals surface area contributed by atoms with Crippen LogP contribution >= 0.6 is 0 Å². The van der Waals surface area contributed by atoms with Crippen molar-refractivity contribution < 1.29 is 17.9 Å². The lowest BCUT2D eigenvalue weighted by Crippen LogP contribution is -2.44. The highest BCUT2D eigenvalue weighted by Gasteiger charge is 2.33. The van der Waals surface area contributed by atoms with Gasteiger partial charge in [0.1, 0.15) is 5.82 Å². The predicted octanol–water partition coefficient (Wildman–Crippen LogP) is 1.11. The molecule has 7 heteroatoms. The van der Waals surface area contributed by atoms with Gasteiger partial charge >= 0.3 is 0 Å². The van der Waals surface area contributed by atoms with Crippen molar-refractivity contribution in [1.29, 1.82) is 0 Å². The number of aliphatic hydroxyl groups excluding tert-OH is 1. The first-order chi connectivity index (χ1) is 9.23. The molecule has 0 bridgehead atoms. The second-order valence-corrected chi connectivity index (χ2v) is 7.25. The van der Waals surface area contributed by atoms with Crippen LogP contribution in [0.2, 0.25) is 0 Å². The van der Waals surface area contributed by atoms with Gasteiger partial charge in [-0.25, -0.2) is 12.8 Å². The SMILES string of the molecule is Cc1c(N)cc(S(=O)(=O)N2CCC(O)C(C)C2)cc1F. The smallest absolute Gasteiger partial charge is 0.243 e.